The molecule has 0 aliphatic heterocycles. The average Bonchev–Trinajstić information content (AvgIpc) is 3.14. The van der Waals surface area contributed by atoms with E-state index >= 15 is 0 Å². The fourth-order valence-corrected chi connectivity index (χ4v) is 3.74. The molecule has 0 bridgehead atoms. The highest BCUT2D eigenvalue weighted by Crippen LogP contribution is 2.28. The van der Waals surface area contributed by atoms with Gasteiger partial charge in [-0.1, -0.05) is 41.3 Å². The van der Waals surface area contributed by atoms with E-state index in [1.807, 2.05) is 18.2 Å². The Balaban J connectivity index is 1.59. The molecular formula is C18H11N5OS2. The minimum atomic E-state index is -0.332. The fourth-order valence-electron chi connectivity index (χ4n) is 2.04. The first-order chi connectivity index (χ1) is 12.7. The Morgan fingerprint density at radius 3 is 2.58 bits per heavy atom. The van der Waals surface area contributed by atoms with E-state index in [2.05, 4.69) is 21.6 Å². The monoisotopic (exact) mass is 377 g/mol. The van der Waals surface area contributed by atoms with Crippen LogP contribution in [0.1, 0.15) is 27.0 Å². The molecule has 0 saturated carbocycles. The molecule has 1 N–H and O–H groups in total. The number of anilines is 1. The van der Waals surface area contributed by atoms with Gasteiger partial charge in [-0.3, -0.25) is 10.1 Å². The average molecular weight is 377 g/mol. The number of rotatable bonds is 5. The van der Waals surface area contributed by atoms with Crippen LogP contribution in [-0.2, 0) is 5.75 Å². The van der Waals surface area contributed by atoms with Crippen molar-refractivity contribution in [2.75, 3.05) is 5.32 Å². The Labute approximate surface area is 158 Å². The van der Waals surface area contributed by atoms with Crippen LogP contribution in [-0.4, -0.2) is 16.1 Å². The molecule has 1 heterocycles. The Kier molecular flexibility index (Phi) is 5.59. The lowest BCUT2D eigenvalue weighted by Gasteiger charge is -2.01. The zero-order valence-corrected chi connectivity index (χ0v) is 15.0. The van der Waals surface area contributed by atoms with Crippen molar-refractivity contribution < 1.29 is 4.79 Å². The summed E-state index contributed by atoms with van der Waals surface area (Å²) in [6, 6.07) is 17.9. The van der Waals surface area contributed by atoms with Gasteiger partial charge in [0.25, 0.3) is 5.91 Å². The first-order valence-electron chi connectivity index (χ1n) is 7.45. The van der Waals surface area contributed by atoms with Crippen molar-refractivity contribution in [3.63, 3.8) is 0 Å². The van der Waals surface area contributed by atoms with Gasteiger partial charge in [0.2, 0.25) is 5.13 Å². The number of carbonyl (C=O) groups excluding carboxylic acids is 1. The van der Waals surface area contributed by atoms with Gasteiger partial charge >= 0.3 is 0 Å². The Morgan fingerprint density at radius 2 is 1.85 bits per heavy atom. The van der Waals surface area contributed by atoms with E-state index in [9.17, 15) is 4.79 Å². The van der Waals surface area contributed by atoms with Gasteiger partial charge in [0.1, 0.15) is 0 Å². The van der Waals surface area contributed by atoms with Gasteiger partial charge < -0.3 is 0 Å². The van der Waals surface area contributed by atoms with Gasteiger partial charge in [0.15, 0.2) is 4.34 Å². The van der Waals surface area contributed by atoms with Gasteiger partial charge in [0.05, 0.1) is 23.3 Å². The number of carbonyl (C=O) groups is 1. The number of hydrogen-bond acceptors (Lipinski definition) is 7. The lowest BCUT2D eigenvalue weighted by atomic mass is 10.1. The van der Waals surface area contributed by atoms with E-state index in [0.717, 1.165) is 9.90 Å². The van der Waals surface area contributed by atoms with E-state index in [-0.39, 0.29) is 5.91 Å². The third-order valence-electron chi connectivity index (χ3n) is 3.33. The Bertz CT molecular complexity index is 1020. The zero-order chi connectivity index (χ0) is 18.4. The molecule has 126 valence electrons. The van der Waals surface area contributed by atoms with Crippen molar-refractivity contribution in [3.8, 4) is 12.1 Å². The summed E-state index contributed by atoms with van der Waals surface area (Å²) in [7, 11) is 0. The summed E-state index contributed by atoms with van der Waals surface area (Å²) < 4.78 is 0.732. The number of benzene rings is 2. The van der Waals surface area contributed by atoms with Crippen LogP contribution >= 0.6 is 23.1 Å². The molecular weight excluding hydrogens is 366 g/mol. The molecule has 1 aromatic heterocycles. The molecule has 0 fully saturated rings. The van der Waals surface area contributed by atoms with Crippen LogP contribution in [0.25, 0.3) is 0 Å². The van der Waals surface area contributed by atoms with Crippen molar-refractivity contribution in [1.82, 2.24) is 10.2 Å². The standard InChI is InChI=1S/C18H11N5OS2/c19-9-12-4-6-13(7-5-12)11-25-18-23-22-17(26-18)21-16(24)15-3-1-2-14(8-15)10-20/h1-8H,11H2,(H,21,22,24). The summed E-state index contributed by atoms with van der Waals surface area (Å²) in [5, 5.41) is 28.8. The topological polar surface area (TPSA) is 102 Å². The van der Waals surface area contributed by atoms with E-state index in [0.29, 0.717) is 27.6 Å². The number of amides is 1. The molecule has 0 atom stereocenters. The minimum Gasteiger partial charge on any atom is -0.296 e. The van der Waals surface area contributed by atoms with Crippen LogP contribution in [0.15, 0.2) is 52.9 Å². The molecule has 3 aromatic rings. The number of nitrogens with one attached hydrogen (secondary N) is 1. The molecule has 6 nitrogen and oxygen atoms in total. The lowest BCUT2D eigenvalue weighted by molar-refractivity contribution is 0.102. The van der Waals surface area contributed by atoms with Crippen molar-refractivity contribution in [2.24, 2.45) is 0 Å². The number of thioether (sulfide) groups is 1. The quantitative estimate of drug-likeness (QED) is 0.535. The predicted octanol–water partition coefficient (Wildman–Crippen LogP) is 3.83. The Morgan fingerprint density at radius 1 is 1.08 bits per heavy atom. The molecule has 0 saturated heterocycles. The molecule has 2 aromatic carbocycles. The summed E-state index contributed by atoms with van der Waals surface area (Å²) >= 11 is 2.79. The van der Waals surface area contributed by atoms with Crippen molar-refractivity contribution >= 4 is 34.1 Å². The third-order valence-corrected chi connectivity index (χ3v) is 5.37. The third kappa shape index (κ3) is 4.45. The molecule has 0 unspecified atom stereocenters. The van der Waals surface area contributed by atoms with Crippen molar-refractivity contribution in [1.29, 1.82) is 10.5 Å². The number of hydrogen-bond donors (Lipinski definition) is 1. The summed E-state index contributed by atoms with van der Waals surface area (Å²) in [6.07, 6.45) is 0. The summed E-state index contributed by atoms with van der Waals surface area (Å²) in [5.74, 6) is 0.361. The molecule has 0 radical (unpaired) electrons. The van der Waals surface area contributed by atoms with E-state index in [1.165, 1.54) is 29.2 Å². The normalized spacial score (nSPS) is 9.92. The highest BCUT2D eigenvalue weighted by atomic mass is 32.2. The Hall–Kier alpha value is -3.20. The molecule has 3 rings (SSSR count). The van der Waals surface area contributed by atoms with Crippen LogP contribution < -0.4 is 5.32 Å². The van der Waals surface area contributed by atoms with Gasteiger partial charge in [-0.25, -0.2) is 0 Å². The number of aromatic nitrogens is 2. The predicted molar refractivity (Wildman–Crippen MR) is 99.7 cm³/mol. The summed E-state index contributed by atoms with van der Waals surface area (Å²) in [4.78, 5) is 12.2. The SMILES string of the molecule is N#Cc1ccc(CSc2nnc(NC(=O)c3cccc(C#N)c3)s2)cc1. The van der Waals surface area contributed by atoms with Crippen LogP contribution in [0.2, 0.25) is 0 Å². The van der Waals surface area contributed by atoms with Crippen LogP contribution in [0, 0.1) is 22.7 Å². The molecule has 0 aliphatic rings. The molecule has 0 aliphatic carbocycles. The number of nitriles is 2. The maximum atomic E-state index is 12.2. The van der Waals surface area contributed by atoms with Gasteiger partial charge in [-0.15, -0.1) is 10.2 Å². The summed E-state index contributed by atoms with van der Waals surface area (Å²) in [6.45, 7) is 0. The minimum absolute atomic E-state index is 0.332. The fraction of sp³-hybridized carbons (Fsp3) is 0.0556. The highest BCUT2D eigenvalue weighted by Gasteiger charge is 2.11. The zero-order valence-electron chi connectivity index (χ0n) is 13.3. The first-order valence-corrected chi connectivity index (χ1v) is 9.25. The lowest BCUT2D eigenvalue weighted by Crippen LogP contribution is -2.11. The second-order valence-corrected chi connectivity index (χ2v) is 7.32. The second-order valence-electron chi connectivity index (χ2n) is 5.12. The van der Waals surface area contributed by atoms with Gasteiger partial charge in [0, 0.05) is 11.3 Å². The van der Waals surface area contributed by atoms with E-state index in [4.69, 9.17) is 10.5 Å². The number of nitrogens with zero attached hydrogens (tertiary/aromatic N) is 4. The smallest absolute Gasteiger partial charge is 0.257 e. The van der Waals surface area contributed by atoms with Gasteiger partial charge in [-0.2, -0.15) is 10.5 Å². The molecule has 1 amide bonds. The maximum Gasteiger partial charge on any atom is 0.257 e. The van der Waals surface area contributed by atoms with E-state index in [1.54, 1.807) is 30.3 Å². The highest BCUT2D eigenvalue weighted by molar-refractivity contribution is 8.00. The van der Waals surface area contributed by atoms with Crippen LogP contribution in [0.4, 0.5) is 5.13 Å². The largest absolute Gasteiger partial charge is 0.296 e. The molecule has 26 heavy (non-hydrogen) atoms. The molecule has 0 spiro atoms. The van der Waals surface area contributed by atoms with Crippen molar-refractivity contribution in [3.05, 3.63) is 70.8 Å². The van der Waals surface area contributed by atoms with Crippen LogP contribution in [0.3, 0.4) is 0 Å². The van der Waals surface area contributed by atoms with Crippen molar-refractivity contribution in [2.45, 2.75) is 10.1 Å². The van der Waals surface area contributed by atoms with Gasteiger partial charge in [-0.05, 0) is 35.9 Å². The summed E-state index contributed by atoms with van der Waals surface area (Å²) in [5.41, 5.74) is 2.52. The maximum absolute atomic E-state index is 12.2. The molecule has 8 heteroatoms. The van der Waals surface area contributed by atoms with Crippen LogP contribution in [0.5, 0.6) is 0 Å². The second kappa shape index (κ2) is 8.26. The first kappa shape index (κ1) is 17.6. The van der Waals surface area contributed by atoms with E-state index < -0.39 is 0 Å².